The Morgan fingerprint density at radius 1 is 1.33 bits per heavy atom. The van der Waals surface area contributed by atoms with E-state index in [4.69, 9.17) is 14.9 Å². The Labute approximate surface area is 197 Å². The van der Waals surface area contributed by atoms with Gasteiger partial charge in [-0.3, -0.25) is 10.1 Å². The SMILES string of the molecule is CNN(C)/C=C(\C)[C@@H](C)n1nccc1C(=N)O[C@H]1C[C@H]2C[C@@H]1[C@H](N(C)C(=O)OC(C)(C)C)C2. The number of amides is 1. The van der Waals surface area contributed by atoms with Gasteiger partial charge >= 0.3 is 6.09 Å². The predicted octanol–water partition coefficient (Wildman–Crippen LogP) is 3.79. The maximum absolute atomic E-state index is 12.6. The summed E-state index contributed by atoms with van der Waals surface area (Å²) < 4.78 is 13.6. The number of carbonyl (C=O) groups excluding carboxylic acids is 1. The van der Waals surface area contributed by atoms with E-state index >= 15 is 0 Å². The van der Waals surface area contributed by atoms with Crippen molar-refractivity contribution in [2.75, 3.05) is 21.1 Å². The first-order chi connectivity index (χ1) is 15.4. The molecule has 2 fully saturated rings. The zero-order valence-electron chi connectivity index (χ0n) is 21.3. The molecule has 0 aromatic carbocycles. The summed E-state index contributed by atoms with van der Waals surface area (Å²) in [7, 11) is 5.61. The summed E-state index contributed by atoms with van der Waals surface area (Å²) in [4.78, 5) is 14.3. The summed E-state index contributed by atoms with van der Waals surface area (Å²) in [5, 5.41) is 15.0. The van der Waals surface area contributed by atoms with Crippen LogP contribution in [0.2, 0.25) is 0 Å². The van der Waals surface area contributed by atoms with Crippen molar-refractivity contribution in [2.24, 2.45) is 11.8 Å². The second-order valence-electron chi connectivity index (χ2n) is 10.4. The van der Waals surface area contributed by atoms with Crippen LogP contribution in [0.4, 0.5) is 4.79 Å². The van der Waals surface area contributed by atoms with Gasteiger partial charge < -0.3 is 19.4 Å². The molecule has 0 spiro atoms. The van der Waals surface area contributed by atoms with Crippen LogP contribution in [0.1, 0.15) is 65.6 Å². The maximum atomic E-state index is 12.6. The highest BCUT2D eigenvalue weighted by Gasteiger charge is 2.50. The van der Waals surface area contributed by atoms with Crippen molar-refractivity contribution >= 4 is 12.0 Å². The van der Waals surface area contributed by atoms with Gasteiger partial charge in [0.05, 0.1) is 6.04 Å². The molecule has 0 aliphatic heterocycles. The van der Waals surface area contributed by atoms with Gasteiger partial charge in [0.25, 0.3) is 0 Å². The van der Waals surface area contributed by atoms with E-state index in [2.05, 4.69) is 17.4 Å². The van der Waals surface area contributed by atoms with Crippen LogP contribution in [0.5, 0.6) is 0 Å². The number of hydrogen-bond acceptors (Lipinski definition) is 7. The molecule has 184 valence electrons. The van der Waals surface area contributed by atoms with E-state index in [-0.39, 0.29) is 36.1 Å². The molecule has 33 heavy (non-hydrogen) atoms. The van der Waals surface area contributed by atoms with Crippen LogP contribution >= 0.6 is 0 Å². The number of rotatable bonds is 7. The minimum Gasteiger partial charge on any atom is -0.473 e. The van der Waals surface area contributed by atoms with E-state index < -0.39 is 5.60 Å². The highest BCUT2D eigenvalue weighted by Crippen LogP contribution is 2.48. The molecule has 0 saturated heterocycles. The Kier molecular flexibility index (Phi) is 7.41. The molecule has 1 heterocycles. The number of hydrogen-bond donors (Lipinski definition) is 2. The molecule has 5 atom stereocenters. The van der Waals surface area contributed by atoms with Gasteiger partial charge in [-0.05, 0) is 71.4 Å². The van der Waals surface area contributed by atoms with Crippen LogP contribution in [0, 0.1) is 17.2 Å². The lowest BCUT2D eigenvalue weighted by molar-refractivity contribution is 0.00534. The second kappa shape index (κ2) is 9.75. The van der Waals surface area contributed by atoms with Gasteiger partial charge in [-0.15, -0.1) is 0 Å². The largest absolute Gasteiger partial charge is 0.473 e. The number of carbonyl (C=O) groups is 1. The molecule has 0 radical (unpaired) electrons. The molecule has 0 unspecified atom stereocenters. The molecule has 2 aliphatic carbocycles. The number of ether oxygens (including phenoxy) is 2. The van der Waals surface area contributed by atoms with E-state index in [1.807, 2.05) is 70.8 Å². The van der Waals surface area contributed by atoms with E-state index in [1.54, 1.807) is 11.1 Å². The number of fused-ring (bicyclic) bond motifs is 2. The molecule has 2 saturated carbocycles. The summed E-state index contributed by atoms with van der Waals surface area (Å²) in [6.45, 7) is 9.74. The van der Waals surface area contributed by atoms with Gasteiger partial charge in [0, 0.05) is 45.5 Å². The van der Waals surface area contributed by atoms with Gasteiger partial charge in [-0.2, -0.15) is 5.10 Å². The molecule has 2 N–H and O–H groups in total. The molecule has 2 bridgehead atoms. The molecule has 9 nitrogen and oxygen atoms in total. The van der Waals surface area contributed by atoms with Crippen LogP contribution in [0.15, 0.2) is 24.0 Å². The fraction of sp³-hybridized carbons (Fsp3) is 0.708. The normalized spacial score (nSPS) is 25.6. The summed E-state index contributed by atoms with van der Waals surface area (Å²) in [6.07, 6.45) is 6.23. The number of nitrogens with zero attached hydrogens (tertiary/aromatic N) is 4. The standard InChI is InChI=1S/C24H40N6O3/c1-15(14-28(7)26-6)16(2)30-19(9-10-27-30)22(25)32-21-13-17-11-18(21)20(12-17)29(8)23(31)33-24(3,4)5/h9-10,14,16-18,20-21,25-26H,11-13H2,1-8H3/b15-14+,25-22?/t16-,17+,18-,20-,21+/m1/s1. The lowest BCUT2D eigenvalue weighted by Gasteiger charge is -2.36. The van der Waals surface area contributed by atoms with Gasteiger partial charge in [-0.1, -0.05) is 0 Å². The molecular formula is C24H40N6O3. The minimum absolute atomic E-state index is 0.0270. The van der Waals surface area contributed by atoms with Gasteiger partial charge in [0.2, 0.25) is 5.90 Å². The van der Waals surface area contributed by atoms with E-state index in [9.17, 15) is 4.79 Å². The Morgan fingerprint density at radius 2 is 2.03 bits per heavy atom. The van der Waals surface area contributed by atoms with Crippen LogP contribution in [-0.4, -0.2) is 70.6 Å². The van der Waals surface area contributed by atoms with Crippen molar-refractivity contribution in [1.29, 1.82) is 5.41 Å². The molecule has 1 amide bonds. The third-order valence-electron chi connectivity index (χ3n) is 6.84. The summed E-state index contributed by atoms with van der Waals surface area (Å²) >= 11 is 0. The van der Waals surface area contributed by atoms with Crippen molar-refractivity contribution < 1.29 is 14.3 Å². The van der Waals surface area contributed by atoms with E-state index in [1.165, 1.54) is 0 Å². The Bertz CT molecular complexity index is 889. The van der Waals surface area contributed by atoms with Gasteiger partial charge in [0.15, 0.2) is 0 Å². The van der Waals surface area contributed by atoms with Crippen LogP contribution in [0.25, 0.3) is 0 Å². The Morgan fingerprint density at radius 3 is 2.64 bits per heavy atom. The lowest BCUT2D eigenvalue weighted by atomic mass is 9.91. The third-order valence-corrected chi connectivity index (χ3v) is 6.84. The Hall–Kier alpha value is -2.55. The molecular weight excluding hydrogens is 420 g/mol. The predicted molar refractivity (Wildman–Crippen MR) is 128 cm³/mol. The van der Waals surface area contributed by atoms with E-state index in [0.717, 1.165) is 24.8 Å². The van der Waals surface area contributed by atoms with Gasteiger partial charge in [0.1, 0.15) is 17.4 Å². The second-order valence-corrected chi connectivity index (χ2v) is 10.4. The molecule has 3 rings (SSSR count). The highest BCUT2D eigenvalue weighted by molar-refractivity contribution is 5.90. The summed E-state index contributed by atoms with van der Waals surface area (Å²) in [5.74, 6) is 0.840. The van der Waals surface area contributed by atoms with Gasteiger partial charge in [-0.25, -0.2) is 10.2 Å². The van der Waals surface area contributed by atoms with Crippen molar-refractivity contribution in [1.82, 2.24) is 25.1 Å². The van der Waals surface area contributed by atoms with Crippen LogP contribution in [0.3, 0.4) is 0 Å². The summed E-state index contributed by atoms with van der Waals surface area (Å²) in [6, 6.07) is 1.87. The minimum atomic E-state index is -0.523. The monoisotopic (exact) mass is 460 g/mol. The lowest BCUT2D eigenvalue weighted by Crippen LogP contribution is -2.47. The molecule has 1 aromatic heterocycles. The first kappa shape index (κ1) is 25.1. The molecule has 9 heteroatoms. The van der Waals surface area contributed by atoms with Crippen molar-refractivity contribution in [2.45, 2.75) is 77.7 Å². The van der Waals surface area contributed by atoms with Crippen molar-refractivity contribution in [3.63, 3.8) is 0 Å². The first-order valence-electron chi connectivity index (χ1n) is 11.7. The molecule has 2 aliphatic rings. The average molecular weight is 461 g/mol. The molecule has 1 aromatic rings. The number of aromatic nitrogens is 2. The zero-order valence-corrected chi connectivity index (χ0v) is 21.3. The smallest absolute Gasteiger partial charge is 0.410 e. The average Bonchev–Trinajstić information content (AvgIpc) is 3.46. The topological polar surface area (TPSA) is 95.7 Å². The quantitative estimate of drug-likeness (QED) is 0.365. The van der Waals surface area contributed by atoms with Crippen molar-refractivity contribution in [3.05, 3.63) is 29.7 Å². The van der Waals surface area contributed by atoms with Crippen LogP contribution in [-0.2, 0) is 9.47 Å². The summed E-state index contributed by atoms with van der Waals surface area (Å²) in [5.41, 5.74) is 4.29. The zero-order chi connectivity index (χ0) is 24.5. The Balaban J connectivity index is 1.68. The fourth-order valence-corrected chi connectivity index (χ4v) is 4.99. The van der Waals surface area contributed by atoms with E-state index in [0.29, 0.717) is 11.6 Å². The number of hydrazine groups is 1. The first-order valence-corrected chi connectivity index (χ1v) is 11.7. The highest BCUT2D eigenvalue weighted by atomic mass is 16.6. The van der Waals surface area contributed by atoms with Crippen molar-refractivity contribution in [3.8, 4) is 0 Å². The third kappa shape index (κ3) is 5.69. The fourth-order valence-electron chi connectivity index (χ4n) is 4.99. The maximum Gasteiger partial charge on any atom is 0.410 e. The number of nitrogens with one attached hydrogen (secondary N) is 2. The number of allylic oxidation sites excluding steroid dienone is 1. The van der Waals surface area contributed by atoms with Crippen LogP contribution < -0.4 is 5.43 Å².